The summed E-state index contributed by atoms with van der Waals surface area (Å²) in [5.74, 6) is -0.942. The van der Waals surface area contributed by atoms with E-state index in [1.54, 1.807) is 6.92 Å². The molecule has 5 heteroatoms. The Kier molecular flexibility index (Phi) is 3.64. The molecular formula is C9H12O5. The van der Waals surface area contributed by atoms with Crippen LogP contribution in [0.15, 0.2) is 12.7 Å². The monoisotopic (exact) mass is 200 g/mol. The van der Waals surface area contributed by atoms with Gasteiger partial charge in [0.05, 0.1) is 6.61 Å². The lowest BCUT2D eigenvalue weighted by atomic mass is 10.4. The van der Waals surface area contributed by atoms with Gasteiger partial charge in [0.25, 0.3) is 0 Å². The van der Waals surface area contributed by atoms with Gasteiger partial charge in [0.2, 0.25) is 0 Å². The Labute approximate surface area is 81.6 Å². The molecule has 0 aromatic rings. The lowest BCUT2D eigenvalue weighted by Crippen LogP contribution is -2.23. The SMILES string of the molecule is C=CC(=O)OC(C)COC(=O)C1CO1. The van der Waals surface area contributed by atoms with Crippen molar-refractivity contribution in [3.05, 3.63) is 12.7 Å². The molecule has 14 heavy (non-hydrogen) atoms. The molecule has 0 amide bonds. The average molecular weight is 200 g/mol. The summed E-state index contributed by atoms with van der Waals surface area (Å²) in [7, 11) is 0. The quantitative estimate of drug-likeness (QED) is 0.356. The van der Waals surface area contributed by atoms with E-state index >= 15 is 0 Å². The van der Waals surface area contributed by atoms with Crippen molar-refractivity contribution in [1.29, 1.82) is 0 Å². The highest BCUT2D eigenvalue weighted by molar-refractivity contribution is 5.81. The van der Waals surface area contributed by atoms with Gasteiger partial charge in [-0.05, 0) is 6.92 Å². The van der Waals surface area contributed by atoms with Gasteiger partial charge in [-0.1, -0.05) is 6.58 Å². The molecule has 0 N–H and O–H groups in total. The van der Waals surface area contributed by atoms with Crippen molar-refractivity contribution >= 4 is 11.9 Å². The molecule has 0 radical (unpaired) electrons. The molecule has 1 saturated heterocycles. The van der Waals surface area contributed by atoms with Crippen molar-refractivity contribution in [1.82, 2.24) is 0 Å². The van der Waals surface area contributed by atoms with E-state index in [1.165, 1.54) is 0 Å². The summed E-state index contributed by atoms with van der Waals surface area (Å²) in [5.41, 5.74) is 0. The number of esters is 2. The molecule has 0 spiro atoms. The topological polar surface area (TPSA) is 65.1 Å². The summed E-state index contributed by atoms with van der Waals surface area (Å²) >= 11 is 0. The van der Waals surface area contributed by atoms with Gasteiger partial charge < -0.3 is 14.2 Å². The van der Waals surface area contributed by atoms with E-state index in [9.17, 15) is 9.59 Å². The molecule has 1 heterocycles. The molecule has 78 valence electrons. The third-order valence-electron chi connectivity index (χ3n) is 1.54. The third kappa shape index (κ3) is 3.57. The first-order valence-corrected chi connectivity index (χ1v) is 4.24. The minimum atomic E-state index is -0.531. The molecule has 0 aliphatic carbocycles. The lowest BCUT2D eigenvalue weighted by molar-refractivity contribution is -0.155. The Balaban J connectivity index is 2.13. The first-order chi connectivity index (χ1) is 6.63. The van der Waals surface area contributed by atoms with E-state index in [4.69, 9.17) is 14.2 Å². The van der Waals surface area contributed by atoms with E-state index in [0.717, 1.165) is 6.08 Å². The Morgan fingerprint density at radius 2 is 2.36 bits per heavy atom. The van der Waals surface area contributed by atoms with Crippen molar-refractivity contribution in [2.75, 3.05) is 13.2 Å². The fourth-order valence-corrected chi connectivity index (χ4v) is 0.757. The highest BCUT2D eigenvalue weighted by Crippen LogP contribution is 2.10. The molecule has 1 aliphatic heterocycles. The zero-order valence-electron chi connectivity index (χ0n) is 7.89. The Morgan fingerprint density at radius 1 is 1.71 bits per heavy atom. The lowest BCUT2D eigenvalue weighted by Gasteiger charge is -2.11. The predicted molar refractivity (Wildman–Crippen MR) is 46.5 cm³/mol. The van der Waals surface area contributed by atoms with Crippen molar-refractivity contribution in [3.63, 3.8) is 0 Å². The second kappa shape index (κ2) is 4.76. The molecule has 2 unspecified atom stereocenters. The molecule has 0 aromatic carbocycles. The number of carbonyl (C=O) groups excluding carboxylic acids is 2. The summed E-state index contributed by atoms with van der Waals surface area (Å²) < 4.78 is 14.3. The Morgan fingerprint density at radius 3 is 2.86 bits per heavy atom. The number of epoxide rings is 1. The second-order valence-corrected chi connectivity index (χ2v) is 2.90. The summed E-state index contributed by atoms with van der Waals surface area (Å²) in [6.45, 7) is 5.33. The van der Waals surface area contributed by atoms with Crippen LogP contribution >= 0.6 is 0 Å². The smallest absolute Gasteiger partial charge is 0.337 e. The van der Waals surface area contributed by atoms with Gasteiger partial charge in [0.1, 0.15) is 12.7 Å². The molecule has 0 saturated carbocycles. The predicted octanol–water partition coefficient (Wildman–Crippen LogP) is 0.0461. The maximum absolute atomic E-state index is 11.0. The van der Waals surface area contributed by atoms with Crippen molar-refractivity contribution in [2.45, 2.75) is 19.1 Å². The molecule has 1 rings (SSSR count). The van der Waals surface area contributed by atoms with E-state index in [0.29, 0.717) is 6.61 Å². The van der Waals surface area contributed by atoms with Gasteiger partial charge in [-0.2, -0.15) is 0 Å². The molecule has 1 aliphatic rings. The van der Waals surface area contributed by atoms with Crippen molar-refractivity contribution in [3.8, 4) is 0 Å². The number of rotatable bonds is 5. The van der Waals surface area contributed by atoms with Crippen LogP contribution in [0.4, 0.5) is 0 Å². The van der Waals surface area contributed by atoms with Crippen LogP contribution in [-0.2, 0) is 23.8 Å². The van der Waals surface area contributed by atoms with Gasteiger partial charge in [-0.3, -0.25) is 0 Å². The number of ether oxygens (including phenoxy) is 3. The minimum absolute atomic E-state index is 0.0400. The van der Waals surface area contributed by atoms with Gasteiger partial charge >= 0.3 is 11.9 Å². The third-order valence-corrected chi connectivity index (χ3v) is 1.54. The molecule has 0 aromatic heterocycles. The standard InChI is InChI=1S/C9H12O5/c1-3-8(10)14-6(2)4-13-9(11)7-5-12-7/h3,6-7H,1,4-5H2,2H3. The highest BCUT2D eigenvalue weighted by Gasteiger charge is 2.33. The zero-order chi connectivity index (χ0) is 10.6. The maximum atomic E-state index is 11.0. The van der Waals surface area contributed by atoms with Crippen LogP contribution in [0, 0.1) is 0 Å². The fourth-order valence-electron chi connectivity index (χ4n) is 0.757. The molecule has 5 nitrogen and oxygen atoms in total. The van der Waals surface area contributed by atoms with Gasteiger partial charge in [-0.15, -0.1) is 0 Å². The van der Waals surface area contributed by atoms with Crippen LogP contribution in [0.2, 0.25) is 0 Å². The Hall–Kier alpha value is -1.36. The first kappa shape index (κ1) is 10.7. The summed E-state index contributed by atoms with van der Waals surface area (Å²) in [4.78, 5) is 21.7. The van der Waals surface area contributed by atoms with Gasteiger partial charge in [0, 0.05) is 6.08 Å². The molecule has 1 fully saturated rings. The van der Waals surface area contributed by atoms with Gasteiger partial charge in [0.15, 0.2) is 6.10 Å². The minimum Gasteiger partial charge on any atom is -0.460 e. The largest absolute Gasteiger partial charge is 0.460 e. The van der Waals surface area contributed by atoms with E-state index < -0.39 is 24.1 Å². The van der Waals surface area contributed by atoms with E-state index in [-0.39, 0.29) is 6.61 Å². The first-order valence-electron chi connectivity index (χ1n) is 4.24. The highest BCUT2D eigenvalue weighted by atomic mass is 16.6. The number of hydrogen-bond acceptors (Lipinski definition) is 5. The van der Waals surface area contributed by atoms with Crippen molar-refractivity contribution < 1.29 is 23.8 Å². The molecule has 0 bridgehead atoms. The van der Waals surface area contributed by atoms with Gasteiger partial charge in [-0.25, -0.2) is 9.59 Å². The number of carbonyl (C=O) groups is 2. The van der Waals surface area contributed by atoms with Crippen LogP contribution in [-0.4, -0.2) is 37.4 Å². The van der Waals surface area contributed by atoms with Crippen LogP contribution in [0.25, 0.3) is 0 Å². The normalized spacial score (nSPS) is 20.8. The van der Waals surface area contributed by atoms with Crippen LogP contribution in [0.5, 0.6) is 0 Å². The summed E-state index contributed by atoms with van der Waals surface area (Å²) in [6.07, 6.45) is 0.169. The number of hydrogen-bond donors (Lipinski definition) is 0. The Bertz CT molecular complexity index is 244. The fraction of sp³-hybridized carbons (Fsp3) is 0.556. The van der Waals surface area contributed by atoms with E-state index in [1.807, 2.05) is 0 Å². The average Bonchev–Trinajstić information content (AvgIpc) is 2.97. The van der Waals surface area contributed by atoms with Crippen LogP contribution < -0.4 is 0 Å². The van der Waals surface area contributed by atoms with Crippen LogP contribution in [0.3, 0.4) is 0 Å². The van der Waals surface area contributed by atoms with Crippen molar-refractivity contribution in [2.24, 2.45) is 0 Å². The summed E-state index contributed by atoms with van der Waals surface area (Å²) in [5, 5.41) is 0. The molecule has 2 atom stereocenters. The maximum Gasteiger partial charge on any atom is 0.337 e. The zero-order valence-corrected chi connectivity index (χ0v) is 7.89. The van der Waals surface area contributed by atoms with E-state index in [2.05, 4.69) is 6.58 Å². The molecular weight excluding hydrogens is 188 g/mol. The second-order valence-electron chi connectivity index (χ2n) is 2.90. The van der Waals surface area contributed by atoms with Crippen LogP contribution in [0.1, 0.15) is 6.92 Å². The summed E-state index contributed by atoms with van der Waals surface area (Å²) in [6, 6.07) is 0.